The first-order chi connectivity index (χ1) is 8.70. The Morgan fingerprint density at radius 1 is 1.44 bits per heavy atom. The third kappa shape index (κ3) is 2.97. The van der Waals surface area contributed by atoms with Gasteiger partial charge in [0.15, 0.2) is 0 Å². The van der Waals surface area contributed by atoms with Crippen molar-refractivity contribution in [1.29, 1.82) is 0 Å². The van der Waals surface area contributed by atoms with Crippen LogP contribution in [0, 0.1) is 5.92 Å². The molecule has 2 heterocycles. The monoisotopic (exact) mass is 248 g/mol. The molecule has 1 aliphatic rings. The van der Waals surface area contributed by atoms with Gasteiger partial charge in [0.2, 0.25) is 0 Å². The zero-order valence-electron chi connectivity index (χ0n) is 10.8. The summed E-state index contributed by atoms with van der Waals surface area (Å²) in [5.41, 5.74) is 5.91. The first-order valence-corrected chi connectivity index (χ1v) is 6.57. The van der Waals surface area contributed by atoms with Gasteiger partial charge in [-0.05, 0) is 25.2 Å². The van der Waals surface area contributed by atoms with Gasteiger partial charge in [-0.3, -0.25) is 9.78 Å². The van der Waals surface area contributed by atoms with Gasteiger partial charge in [0.1, 0.15) is 11.5 Å². The molecule has 0 aliphatic carbocycles. The lowest BCUT2D eigenvalue weighted by Crippen LogP contribution is -2.32. The molecule has 5 nitrogen and oxygen atoms in total. The van der Waals surface area contributed by atoms with Crippen molar-refractivity contribution < 1.29 is 4.79 Å². The SMILES string of the molecule is CCC1CCCN(C(=O)c2cncc(N)n2)CC1. The summed E-state index contributed by atoms with van der Waals surface area (Å²) in [4.78, 5) is 22.1. The summed E-state index contributed by atoms with van der Waals surface area (Å²) in [5.74, 6) is 0.989. The first-order valence-electron chi connectivity index (χ1n) is 6.57. The second-order valence-corrected chi connectivity index (χ2v) is 4.83. The maximum Gasteiger partial charge on any atom is 0.274 e. The molecule has 1 fully saturated rings. The molecule has 0 radical (unpaired) electrons. The van der Waals surface area contributed by atoms with E-state index in [9.17, 15) is 4.79 Å². The summed E-state index contributed by atoms with van der Waals surface area (Å²) in [6, 6.07) is 0. The van der Waals surface area contributed by atoms with Gasteiger partial charge in [0.25, 0.3) is 5.91 Å². The Balaban J connectivity index is 2.05. The van der Waals surface area contributed by atoms with Crippen LogP contribution in [0.15, 0.2) is 12.4 Å². The molecule has 98 valence electrons. The summed E-state index contributed by atoms with van der Waals surface area (Å²) in [6.45, 7) is 3.84. The molecule has 1 aliphatic heterocycles. The third-order valence-corrected chi connectivity index (χ3v) is 3.58. The van der Waals surface area contributed by atoms with Crippen LogP contribution >= 0.6 is 0 Å². The maximum atomic E-state index is 12.3. The molecular formula is C13H20N4O. The van der Waals surface area contributed by atoms with E-state index in [0.29, 0.717) is 11.5 Å². The lowest BCUT2D eigenvalue weighted by atomic mass is 9.98. The number of anilines is 1. The highest BCUT2D eigenvalue weighted by atomic mass is 16.2. The fourth-order valence-corrected chi connectivity index (χ4v) is 2.42. The highest BCUT2D eigenvalue weighted by Crippen LogP contribution is 2.21. The maximum absolute atomic E-state index is 12.3. The summed E-state index contributed by atoms with van der Waals surface area (Å²) < 4.78 is 0. The highest BCUT2D eigenvalue weighted by molar-refractivity contribution is 5.92. The largest absolute Gasteiger partial charge is 0.382 e. The number of nitrogens with zero attached hydrogens (tertiary/aromatic N) is 3. The van der Waals surface area contributed by atoms with Crippen molar-refractivity contribution in [3.8, 4) is 0 Å². The lowest BCUT2D eigenvalue weighted by Gasteiger charge is -2.20. The highest BCUT2D eigenvalue weighted by Gasteiger charge is 2.21. The van der Waals surface area contributed by atoms with E-state index in [0.717, 1.165) is 31.8 Å². The standard InChI is InChI=1S/C13H20N4O/c1-2-10-4-3-6-17(7-5-10)13(18)11-8-15-9-12(14)16-11/h8-10H,2-7H2,1H3,(H2,14,16). The van der Waals surface area contributed by atoms with Gasteiger partial charge in [0, 0.05) is 13.1 Å². The molecule has 1 aromatic rings. The zero-order chi connectivity index (χ0) is 13.0. The molecule has 1 amide bonds. The number of hydrogen-bond acceptors (Lipinski definition) is 4. The summed E-state index contributed by atoms with van der Waals surface area (Å²) >= 11 is 0. The van der Waals surface area contributed by atoms with Crippen molar-refractivity contribution in [3.05, 3.63) is 18.1 Å². The number of rotatable bonds is 2. The Kier molecular flexibility index (Phi) is 4.12. The number of nitrogen functional groups attached to an aromatic ring is 1. The molecule has 0 saturated carbocycles. The van der Waals surface area contributed by atoms with Gasteiger partial charge in [-0.2, -0.15) is 0 Å². The van der Waals surface area contributed by atoms with E-state index < -0.39 is 0 Å². The molecule has 0 aromatic carbocycles. The van der Waals surface area contributed by atoms with Crippen LogP contribution in [-0.2, 0) is 0 Å². The minimum absolute atomic E-state index is 0.0495. The number of likely N-dealkylation sites (tertiary alicyclic amines) is 1. The fourth-order valence-electron chi connectivity index (χ4n) is 2.42. The van der Waals surface area contributed by atoms with Crippen LogP contribution in [0.4, 0.5) is 5.82 Å². The Bertz CT molecular complexity index is 421. The van der Waals surface area contributed by atoms with Crippen LogP contribution < -0.4 is 5.73 Å². The molecule has 5 heteroatoms. The van der Waals surface area contributed by atoms with Crippen molar-refractivity contribution in [2.75, 3.05) is 18.8 Å². The van der Waals surface area contributed by atoms with E-state index in [-0.39, 0.29) is 5.91 Å². The third-order valence-electron chi connectivity index (χ3n) is 3.58. The Morgan fingerprint density at radius 2 is 2.28 bits per heavy atom. The van der Waals surface area contributed by atoms with Gasteiger partial charge in [0.05, 0.1) is 12.4 Å². The van der Waals surface area contributed by atoms with E-state index in [1.54, 1.807) is 0 Å². The normalized spacial score (nSPS) is 20.5. The molecule has 1 saturated heterocycles. The lowest BCUT2D eigenvalue weighted by molar-refractivity contribution is 0.0753. The van der Waals surface area contributed by atoms with Crippen LogP contribution in [0.25, 0.3) is 0 Å². The fraction of sp³-hybridized carbons (Fsp3) is 0.615. The van der Waals surface area contributed by atoms with Crippen molar-refractivity contribution in [2.45, 2.75) is 32.6 Å². The Morgan fingerprint density at radius 3 is 3.00 bits per heavy atom. The Hall–Kier alpha value is -1.65. The van der Waals surface area contributed by atoms with Crippen LogP contribution in [0.2, 0.25) is 0 Å². The van der Waals surface area contributed by atoms with E-state index in [1.807, 2.05) is 4.90 Å². The zero-order valence-corrected chi connectivity index (χ0v) is 10.8. The quantitative estimate of drug-likeness (QED) is 0.864. The average Bonchev–Trinajstić information content (AvgIpc) is 2.63. The molecule has 1 unspecified atom stereocenters. The number of carbonyl (C=O) groups is 1. The first kappa shape index (κ1) is 12.8. The average molecular weight is 248 g/mol. The van der Waals surface area contributed by atoms with Crippen LogP contribution in [0.1, 0.15) is 43.1 Å². The van der Waals surface area contributed by atoms with Gasteiger partial charge in [-0.25, -0.2) is 4.98 Å². The second kappa shape index (κ2) is 5.80. The smallest absolute Gasteiger partial charge is 0.274 e. The van der Waals surface area contributed by atoms with Crippen LogP contribution in [0.5, 0.6) is 0 Å². The summed E-state index contributed by atoms with van der Waals surface area (Å²) in [6.07, 6.45) is 7.49. The Labute approximate surface area is 107 Å². The van der Waals surface area contributed by atoms with Crippen LogP contribution in [-0.4, -0.2) is 33.9 Å². The predicted octanol–water partition coefficient (Wildman–Crippen LogP) is 1.71. The number of hydrogen-bond donors (Lipinski definition) is 1. The molecule has 1 atom stereocenters. The molecule has 2 N–H and O–H groups in total. The van der Waals surface area contributed by atoms with E-state index in [1.165, 1.54) is 25.2 Å². The van der Waals surface area contributed by atoms with Crippen molar-refractivity contribution in [2.24, 2.45) is 5.92 Å². The number of carbonyl (C=O) groups excluding carboxylic acids is 1. The molecule has 0 spiro atoms. The summed E-state index contributed by atoms with van der Waals surface area (Å²) in [7, 11) is 0. The second-order valence-electron chi connectivity index (χ2n) is 4.83. The van der Waals surface area contributed by atoms with Gasteiger partial charge in [-0.1, -0.05) is 13.3 Å². The van der Waals surface area contributed by atoms with Gasteiger partial charge >= 0.3 is 0 Å². The van der Waals surface area contributed by atoms with E-state index in [4.69, 9.17) is 5.73 Å². The topological polar surface area (TPSA) is 72.1 Å². The van der Waals surface area contributed by atoms with Crippen molar-refractivity contribution in [1.82, 2.24) is 14.9 Å². The minimum Gasteiger partial charge on any atom is -0.382 e. The molecular weight excluding hydrogens is 228 g/mol. The van der Waals surface area contributed by atoms with Crippen molar-refractivity contribution >= 4 is 11.7 Å². The van der Waals surface area contributed by atoms with E-state index in [2.05, 4.69) is 16.9 Å². The van der Waals surface area contributed by atoms with Crippen molar-refractivity contribution in [3.63, 3.8) is 0 Å². The van der Waals surface area contributed by atoms with Crippen LogP contribution in [0.3, 0.4) is 0 Å². The molecule has 2 rings (SSSR count). The number of amides is 1. The van der Waals surface area contributed by atoms with Gasteiger partial charge in [-0.15, -0.1) is 0 Å². The molecule has 1 aromatic heterocycles. The van der Waals surface area contributed by atoms with Gasteiger partial charge < -0.3 is 10.6 Å². The number of nitrogens with two attached hydrogens (primary N) is 1. The predicted molar refractivity (Wildman–Crippen MR) is 70.0 cm³/mol. The van der Waals surface area contributed by atoms with E-state index >= 15 is 0 Å². The molecule has 18 heavy (non-hydrogen) atoms. The minimum atomic E-state index is -0.0495. The number of aromatic nitrogens is 2. The molecule has 0 bridgehead atoms. The summed E-state index contributed by atoms with van der Waals surface area (Å²) in [5, 5.41) is 0.